The molecule has 1 unspecified atom stereocenters. The summed E-state index contributed by atoms with van der Waals surface area (Å²) in [5.74, 6) is 2.54. The molecule has 0 aliphatic heterocycles. The monoisotopic (exact) mass is 193 g/mol. The molecule has 0 fully saturated rings. The van der Waals surface area contributed by atoms with E-state index in [0.29, 0.717) is 11.4 Å². The molecule has 0 aliphatic carbocycles. The Morgan fingerprint density at radius 3 is 2.77 bits per heavy atom. The second kappa shape index (κ2) is 4.32. The van der Waals surface area contributed by atoms with Crippen molar-refractivity contribution >= 4 is 11.6 Å². The average molecular weight is 194 g/mol. The Bertz CT molecular complexity index is 318. The summed E-state index contributed by atoms with van der Waals surface area (Å²) >= 11 is 5.89. The standard InChI is InChI=1S/C11H12ClN/c1-3-4-11(13)9-5-8(2)6-10(12)7-9/h1,5-7,11H,4,13H2,2H3. The normalized spacial score (nSPS) is 12.2. The van der Waals surface area contributed by atoms with Crippen molar-refractivity contribution in [1.29, 1.82) is 0 Å². The molecule has 1 aromatic rings. The molecule has 1 atom stereocenters. The van der Waals surface area contributed by atoms with Gasteiger partial charge in [0, 0.05) is 17.5 Å². The molecule has 13 heavy (non-hydrogen) atoms. The quantitative estimate of drug-likeness (QED) is 0.719. The number of rotatable bonds is 2. The molecule has 68 valence electrons. The SMILES string of the molecule is C#CCC(N)c1cc(C)cc(Cl)c1. The minimum atomic E-state index is -0.109. The Morgan fingerprint density at radius 2 is 2.23 bits per heavy atom. The molecule has 1 nitrogen and oxygen atoms in total. The number of halogens is 1. The van der Waals surface area contributed by atoms with E-state index in [1.54, 1.807) is 0 Å². The van der Waals surface area contributed by atoms with Crippen LogP contribution in [0.3, 0.4) is 0 Å². The van der Waals surface area contributed by atoms with Gasteiger partial charge in [0.25, 0.3) is 0 Å². The van der Waals surface area contributed by atoms with Gasteiger partial charge < -0.3 is 5.73 Å². The minimum absolute atomic E-state index is 0.109. The topological polar surface area (TPSA) is 26.0 Å². The lowest BCUT2D eigenvalue weighted by Gasteiger charge is -2.09. The first kappa shape index (κ1) is 10.1. The molecule has 0 bridgehead atoms. The summed E-state index contributed by atoms with van der Waals surface area (Å²) in [6, 6.07) is 5.65. The lowest BCUT2D eigenvalue weighted by Crippen LogP contribution is -2.09. The third-order valence-corrected chi connectivity index (χ3v) is 2.05. The molecule has 0 saturated carbocycles. The van der Waals surface area contributed by atoms with E-state index in [2.05, 4.69) is 5.92 Å². The van der Waals surface area contributed by atoms with Crippen molar-refractivity contribution < 1.29 is 0 Å². The molecule has 0 aliphatic rings. The largest absolute Gasteiger partial charge is 0.323 e. The van der Waals surface area contributed by atoms with Gasteiger partial charge >= 0.3 is 0 Å². The fourth-order valence-electron chi connectivity index (χ4n) is 1.22. The van der Waals surface area contributed by atoms with Crippen molar-refractivity contribution in [2.75, 3.05) is 0 Å². The van der Waals surface area contributed by atoms with Gasteiger partial charge in [0.15, 0.2) is 0 Å². The maximum absolute atomic E-state index is 5.89. The Balaban J connectivity index is 2.95. The van der Waals surface area contributed by atoms with Crippen molar-refractivity contribution in [3.05, 3.63) is 34.3 Å². The maximum Gasteiger partial charge on any atom is 0.0411 e. The number of hydrogen-bond acceptors (Lipinski definition) is 1. The van der Waals surface area contributed by atoms with Crippen LogP contribution in [0.5, 0.6) is 0 Å². The summed E-state index contributed by atoms with van der Waals surface area (Å²) in [5, 5.41) is 0.711. The molecule has 2 N–H and O–H groups in total. The van der Waals surface area contributed by atoms with E-state index in [9.17, 15) is 0 Å². The number of terminal acetylenes is 1. The zero-order valence-corrected chi connectivity index (χ0v) is 8.31. The average Bonchev–Trinajstić information content (AvgIpc) is 2.03. The molecule has 1 rings (SSSR count). The molecule has 0 saturated heterocycles. The van der Waals surface area contributed by atoms with E-state index >= 15 is 0 Å². The van der Waals surface area contributed by atoms with Crippen molar-refractivity contribution in [3.63, 3.8) is 0 Å². The summed E-state index contributed by atoms with van der Waals surface area (Å²) in [5.41, 5.74) is 7.95. The molecule has 0 amide bonds. The molecule has 0 aromatic heterocycles. The van der Waals surface area contributed by atoms with Crippen LogP contribution in [0.2, 0.25) is 5.02 Å². The van der Waals surface area contributed by atoms with Gasteiger partial charge in [0.1, 0.15) is 0 Å². The van der Waals surface area contributed by atoms with Gasteiger partial charge in [-0.05, 0) is 30.2 Å². The third kappa shape index (κ3) is 2.77. The lowest BCUT2D eigenvalue weighted by atomic mass is 10.0. The molecular formula is C11H12ClN. The highest BCUT2D eigenvalue weighted by molar-refractivity contribution is 6.30. The minimum Gasteiger partial charge on any atom is -0.323 e. The van der Waals surface area contributed by atoms with Crippen LogP contribution in [0, 0.1) is 19.3 Å². The van der Waals surface area contributed by atoms with Crippen molar-refractivity contribution in [2.24, 2.45) is 5.73 Å². The Hall–Kier alpha value is -0.970. The summed E-state index contributed by atoms with van der Waals surface area (Å²) in [4.78, 5) is 0. The van der Waals surface area contributed by atoms with E-state index in [1.807, 2.05) is 25.1 Å². The first-order chi connectivity index (χ1) is 6.13. The van der Waals surface area contributed by atoms with Crippen LogP contribution in [0.1, 0.15) is 23.6 Å². The third-order valence-electron chi connectivity index (χ3n) is 1.83. The highest BCUT2D eigenvalue weighted by Gasteiger charge is 2.05. The summed E-state index contributed by atoms with van der Waals surface area (Å²) in [6.45, 7) is 1.98. The van der Waals surface area contributed by atoms with Gasteiger partial charge in [0.05, 0.1) is 0 Å². The maximum atomic E-state index is 5.89. The van der Waals surface area contributed by atoms with Crippen LogP contribution in [0.15, 0.2) is 18.2 Å². The van der Waals surface area contributed by atoms with E-state index in [-0.39, 0.29) is 6.04 Å². The van der Waals surface area contributed by atoms with Crippen LogP contribution in [-0.4, -0.2) is 0 Å². The number of benzene rings is 1. The highest BCUT2D eigenvalue weighted by Crippen LogP contribution is 2.20. The van der Waals surface area contributed by atoms with Gasteiger partial charge in [-0.2, -0.15) is 0 Å². The van der Waals surface area contributed by atoms with E-state index < -0.39 is 0 Å². The zero-order chi connectivity index (χ0) is 9.84. The number of hydrogen-bond donors (Lipinski definition) is 1. The second-order valence-electron chi connectivity index (χ2n) is 3.08. The van der Waals surface area contributed by atoms with E-state index in [1.165, 1.54) is 0 Å². The Morgan fingerprint density at radius 1 is 1.54 bits per heavy atom. The van der Waals surface area contributed by atoms with Gasteiger partial charge in [-0.15, -0.1) is 12.3 Å². The second-order valence-corrected chi connectivity index (χ2v) is 3.51. The van der Waals surface area contributed by atoms with Gasteiger partial charge in [0.2, 0.25) is 0 Å². The van der Waals surface area contributed by atoms with Crippen molar-refractivity contribution in [2.45, 2.75) is 19.4 Å². The fraction of sp³-hybridized carbons (Fsp3) is 0.273. The fourth-order valence-corrected chi connectivity index (χ4v) is 1.52. The van der Waals surface area contributed by atoms with Crippen LogP contribution in [0.25, 0.3) is 0 Å². The van der Waals surface area contributed by atoms with E-state index in [4.69, 9.17) is 23.8 Å². The lowest BCUT2D eigenvalue weighted by molar-refractivity contribution is 0.754. The molecule has 0 heterocycles. The van der Waals surface area contributed by atoms with Crippen molar-refractivity contribution in [3.8, 4) is 12.3 Å². The predicted molar refractivity (Wildman–Crippen MR) is 56.6 cm³/mol. The molecular weight excluding hydrogens is 182 g/mol. The molecule has 1 aromatic carbocycles. The van der Waals surface area contributed by atoms with E-state index in [0.717, 1.165) is 11.1 Å². The molecule has 0 radical (unpaired) electrons. The van der Waals surface area contributed by atoms with Crippen LogP contribution < -0.4 is 5.73 Å². The molecule has 0 spiro atoms. The summed E-state index contributed by atoms with van der Waals surface area (Å²) < 4.78 is 0. The van der Waals surface area contributed by atoms with Crippen LogP contribution in [-0.2, 0) is 0 Å². The van der Waals surface area contributed by atoms with Crippen LogP contribution in [0.4, 0.5) is 0 Å². The predicted octanol–water partition coefficient (Wildman–Crippen LogP) is 2.67. The van der Waals surface area contributed by atoms with Crippen molar-refractivity contribution in [1.82, 2.24) is 0 Å². The van der Waals surface area contributed by atoms with Crippen LogP contribution >= 0.6 is 11.6 Å². The first-order valence-corrected chi connectivity index (χ1v) is 4.47. The van der Waals surface area contributed by atoms with Gasteiger partial charge in [-0.25, -0.2) is 0 Å². The zero-order valence-electron chi connectivity index (χ0n) is 7.55. The summed E-state index contributed by atoms with van der Waals surface area (Å²) in [7, 11) is 0. The number of aryl methyl sites for hydroxylation is 1. The number of nitrogens with two attached hydrogens (primary N) is 1. The molecule has 2 heteroatoms. The Labute approximate surface area is 83.9 Å². The smallest absolute Gasteiger partial charge is 0.0411 e. The van der Waals surface area contributed by atoms with Gasteiger partial charge in [-0.3, -0.25) is 0 Å². The Kier molecular flexibility index (Phi) is 3.36. The van der Waals surface area contributed by atoms with Gasteiger partial charge in [-0.1, -0.05) is 17.7 Å². The highest BCUT2D eigenvalue weighted by atomic mass is 35.5. The first-order valence-electron chi connectivity index (χ1n) is 4.09. The summed E-state index contributed by atoms with van der Waals surface area (Å²) in [6.07, 6.45) is 5.72.